The van der Waals surface area contributed by atoms with E-state index in [2.05, 4.69) is 5.32 Å². The normalized spacial score (nSPS) is 11.8. The van der Waals surface area contributed by atoms with Crippen LogP contribution in [0.4, 0.5) is 4.39 Å². The highest BCUT2D eigenvalue weighted by Gasteiger charge is 2.27. The zero-order valence-corrected chi connectivity index (χ0v) is 16.9. The van der Waals surface area contributed by atoms with Crippen molar-refractivity contribution in [1.29, 1.82) is 0 Å². The van der Waals surface area contributed by atoms with E-state index in [-0.39, 0.29) is 25.1 Å². The van der Waals surface area contributed by atoms with Gasteiger partial charge >= 0.3 is 0 Å². The van der Waals surface area contributed by atoms with Crippen LogP contribution in [0, 0.1) is 5.82 Å². The van der Waals surface area contributed by atoms with E-state index in [1.54, 1.807) is 49.4 Å². The summed E-state index contributed by atoms with van der Waals surface area (Å²) >= 11 is 5.92. The predicted molar refractivity (Wildman–Crippen MR) is 107 cm³/mol. The Hall–Kier alpha value is -2.60. The van der Waals surface area contributed by atoms with E-state index < -0.39 is 17.8 Å². The lowest BCUT2D eigenvalue weighted by Gasteiger charge is -2.29. The van der Waals surface area contributed by atoms with Gasteiger partial charge in [-0.3, -0.25) is 9.59 Å². The number of carbonyl (C=O) groups is 2. The molecule has 5 nitrogen and oxygen atoms in total. The van der Waals surface area contributed by atoms with E-state index in [0.29, 0.717) is 16.3 Å². The number of hydrogen-bond donors (Lipinski definition) is 1. The van der Waals surface area contributed by atoms with Crippen molar-refractivity contribution in [3.05, 3.63) is 64.9 Å². The van der Waals surface area contributed by atoms with E-state index in [9.17, 15) is 14.0 Å². The molecule has 150 valence electrons. The summed E-state index contributed by atoms with van der Waals surface area (Å²) in [6, 6.07) is 11.9. The monoisotopic (exact) mass is 406 g/mol. The van der Waals surface area contributed by atoms with Crippen LogP contribution in [0.1, 0.15) is 26.3 Å². The summed E-state index contributed by atoms with van der Waals surface area (Å²) in [6.45, 7) is 4.92. The summed E-state index contributed by atoms with van der Waals surface area (Å²) in [5, 5.41) is 3.26. The Morgan fingerprint density at radius 1 is 1.14 bits per heavy atom. The topological polar surface area (TPSA) is 58.6 Å². The first-order chi connectivity index (χ1) is 13.3. The van der Waals surface area contributed by atoms with Crippen molar-refractivity contribution >= 4 is 23.4 Å². The minimum Gasteiger partial charge on any atom is -0.484 e. The summed E-state index contributed by atoms with van der Waals surface area (Å²) in [4.78, 5) is 26.6. The Balaban J connectivity index is 2.17. The zero-order valence-electron chi connectivity index (χ0n) is 16.1. The molecule has 0 aliphatic heterocycles. The average Bonchev–Trinajstić information content (AvgIpc) is 2.64. The van der Waals surface area contributed by atoms with E-state index in [0.717, 1.165) is 0 Å². The van der Waals surface area contributed by atoms with Crippen LogP contribution in [-0.2, 0) is 16.1 Å². The van der Waals surface area contributed by atoms with Crippen molar-refractivity contribution in [2.45, 2.75) is 39.4 Å². The van der Waals surface area contributed by atoms with Crippen LogP contribution in [0.5, 0.6) is 5.75 Å². The number of hydrogen-bond acceptors (Lipinski definition) is 3. The minimum absolute atomic E-state index is 0.0445. The number of nitrogens with one attached hydrogen (secondary N) is 1. The molecule has 0 radical (unpaired) electrons. The molecule has 0 aliphatic rings. The highest BCUT2D eigenvalue weighted by Crippen LogP contribution is 2.18. The molecule has 0 heterocycles. The maximum atomic E-state index is 14.1. The van der Waals surface area contributed by atoms with Crippen LogP contribution >= 0.6 is 11.6 Å². The van der Waals surface area contributed by atoms with Crippen LogP contribution in [0.25, 0.3) is 0 Å². The molecule has 0 bridgehead atoms. The molecule has 2 amide bonds. The third-order valence-corrected chi connectivity index (χ3v) is 4.29. The molecule has 28 heavy (non-hydrogen) atoms. The number of carbonyl (C=O) groups excluding carboxylic acids is 2. The van der Waals surface area contributed by atoms with Crippen molar-refractivity contribution in [1.82, 2.24) is 10.2 Å². The number of amides is 2. The second-order valence-corrected chi connectivity index (χ2v) is 7.13. The van der Waals surface area contributed by atoms with Gasteiger partial charge in [0.15, 0.2) is 6.61 Å². The van der Waals surface area contributed by atoms with Crippen molar-refractivity contribution < 1.29 is 18.7 Å². The highest BCUT2D eigenvalue weighted by molar-refractivity contribution is 6.30. The Kier molecular flexibility index (Phi) is 7.81. The summed E-state index contributed by atoms with van der Waals surface area (Å²) in [5.74, 6) is -0.754. The molecular weight excluding hydrogens is 383 g/mol. The average molecular weight is 407 g/mol. The second-order valence-electron chi connectivity index (χ2n) is 6.70. The second kappa shape index (κ2) is 10.1. The van der Waals surface area contributed by atoms with Gasteiger partial charge in [-0.25, -0.2) is 4.39 Å². The van der Waals surface area contributed by atoms with Crippen molar-refractivity contribution in [2.75, 3.05) is 6.61 Å². The minimum atomic E-state index is -0.794. The van der Waals surface area contributed by atoms with Crippen LogP contribution in [0.3, 0.4) is 0 Å². The lowest BCUT2D eigenvalue weighted by atomic mass is 10.1. The maximum Gasteiger partial charge on any atom is 0.261 e. The first-order valence-corrected chi connectivity index (χ1v) is 9.37. The molecule has 2 rings (SSSR count). The Morgan fingerprint density at radius 2 is 1.86 bits per heavy atom. The number of rotatable bonds is 8. The summed E-state index contributed by atoms with van der Waals surface area (Å²) in [6.07, 6.45) is 0. The standard InChI is InChI=1S/C21H24ClFN2O3/c1-14(2)24-21(27)15(3)25(12-16-7-4-5-10-19(16)23)20(26)13-28-18-9-6-8-17(22)11-18/h4-11,14-15H,12-13H2,1-3H3,(H,24,27)/t15-/m1/s1. The SMILES string of the molecule is CC(C)NC(=O)[C@@H](C)N(Cc1ccccc1F)C(=O)COc1cccc(Cl)c1. The molecule has 0 unspecified atom stereocenters. The van der Waals surface area contributed by atoms with Gasteiger partial charge in [-0.2, -0.15) is 0 Å². The van der Waals surface area contributed by atoms with Gasteiger partial charge in [0.2, 0.25) is 5.91 Å². The fourth-order valence-electron chi connectivity index (χ4n) is 2.58. The molecule has 0 aromatic heterocycles. The third kappa shape index (κ3) is 6.23. The predicted octanol–water partition coefficient (Wildman–Crippen LogP) is 3.80. The van der Waals surface area contributed by atoms with Crippen LogP contribution in [-0.4, -0.2) is 35.4 Å². The van der Waals surface area contributed by atoms with Gasteiger partial charge in [0, 0.05) is 23.2 Å². The molecule has 0 saturated heterocycles. The van der Waals surface area contributed by atoms with Crippen molar-refractivity contribution in [3.63, 3.8) is 0 Å². The highest BCUT2D eigenvalue weighted by atomic mass is 35.5. The Bertz CT molecular complexity index is 829. The van der Waals surface area contributed by atoms with E-state index in [1.807, 2.05) is 13.8 Å². The van der Waals surface area contributed by atoms with Crippen LogP contribution in [0.2, 0.25) is 5.02 Å². The van der Waals surface area contributed by atoms with Crippen molar-refractivity contribution in [3.8, 4) is 5.75 Å². The van der Waals surface area contributed by atoms with Gasteiger partial charge in [0.1, 0.15) is 17.6 Å². The fourth-order valence-corrected chi connectivity index (χ4v) is 2.76. The van der Waals surface area contributed by atoms with Crippen LogP contribution < -0.4 is 10.1 Å². The molecule has 1 atom stereocenters. The number of benzene rings is 2. The molecule has 0 spiro atoms. The molecule has 0 saturated carbocycles. The number of ether oxygens (including phenoxy) is 1. The zero-order chi connectivity index (χ0) is 20.7. The lowest BCUT2D eigenvalue weighted by molar-refractivity contribution is -0.142. The number of halogens is 2. The molecule has 0 aliphatic carbocycles. The maximum absolute atomic E-state index is 14.1. The summed E-state index contributed by atoms with van der Waals surface area (Å²) in [7, 11) is 0. The molecular formula is C21H24ClFN2O3. The van der Waals surface area contributed by atoms with E-state index in [1.165, 1.54) is 11.0 Å². The molecule has 7 heteroatoms. The quantitative estimate of drug-likeness (QED) is 0.725. The molecule has 1 N–H and O–H groups in total. The lowest BCUT2D eigenvalue weighted by Crippen LogP contribution is -2.50. The largest absolute Gasteiger partial charge is 0.484 e. The Labute approximate surface area is 169 Å². The summed E-state index contributed by atoms with van der Waals surface area (Å²) < 4.78 is 19.6. The van der Waals surface area contributed by atoms with Gasteiger partial charge < -0.3 is 15.0 Å². The van der Waals surface area contributed by atoms with Gasteiger partial charge in [-0.05, 0) is 45.0 Å². The number of nitrogens with zero attached hydrogens (tertiary/aromatic N) is 1. The van der Waals surface area contributed by atoms with Gasteiger partial charge in [0.05, 0.1) is 0 Å². The van der Waals surface area contributed by atoms with E-state index >= 15 is 0 Å². The van der Waals surface area contributed by atoms with E-state index in [4.69, 9.17) is 16.3 Å². The first kappa shape index (κ1) is 21.7. The summed E-state index contributed by atoms with van der Waals surface area (Å²) in [5.41, 5.74) is 0.322. The van der Waals surface area contributed by atoms with Crippen LogP contribution in [0.15, 0.2) is 48.5 Å². The van der Waals surface area contributed by atoms with Gasteiger partial charge in [-0.1, -0.05) is 35.9 Å². The van der Waals surface area contributed by atoms with Gasteiger partial charge in [-0.15, -0.1) is 0 Å². The fraction of sp³-hybridized carbons (Fsp3) is 0.333. The molecule has 2 aromatic rings. The Morgan fingerprint density at radius 3 is 2.50 bits per heavy atom. The molecule has 2 aromatic carbocycles. The first-order valence-electron chi connectivity index (χ1n) is 8.99. The van der Waals surface area contributed by atoms with Gasteiger partial charge in [0.25, 0.3) is 5.91 Å². The smallest absolute Gasteiger partial charge is 0.261 e. The molecule has 0 fully saturated rings. The third-order valence-electron chi connectivity index (χ3n) is 4.06. The van der Waals surface area contributed by atoms with Crippen molar-refractivity contribution in [2.24, 2.45) is 0 Å².